The molecule has 17 nitrogen and oxygen atoms in total. The smallest absolute Gasteiger partial charge is 0.312 e. The number of pyridine rings is 2. The number of hydrogen-bond donors (Lipinski definition) is 4. The van der Waals surface area contributed by atoms with Crippen LogP contribution in [0, 0.1) is 62.1 Å². The average molecular weight is 1080 g/mol. The largest absolute Gasteiger partial charge is 0.507 e. The summed E-state index contributed by atoms with van der Waals surface area (Å²) in [6.07, 6.45) is 8.78. The number of phenols is 1. The molecule has 0 radical (unpaired) electrons. The van der Waals surface area contributed by atoms with Crippen molar-refractivity contribution in [1.82, 2.24) is 14.6 Å². The fraction of sp³-hybridized carbons (Fsp3) is 0.533. The predicted molar refractivity (Wildman–Crippen MR) is 288 cm³/mol. The quantitative estimate of drug-likeness (QED) is 0.176. The number of Topliss-reactive ketones (excluding diaryl/α,β-unsaturated/α-hetero) is 3. The molecule has 3 aromatic rings. The summed E-state index contributed by atoms with van der Waals surface area (Å²) in [5, 5.41) is 37.8. The van der Waals surface area contributed by atoms with E-state index in [0.717, 1.165) is 36.8 Å². The van der Waals surface area contributed by atoms with Crippen LogP contribution in [0.25, 0.3) is 5.52 Å². The van der Waals surface area contributed by atoms with Crippen molar-refractivity contribution >= 4 is 40.4 Å². The lowest BCUT2D eigenvalue weighted by atomic mass is 9.78. The van der Waals surface area contributed by atoms with Crippen molar-refractivity contribution in [3.63, 3.8) is 0 Å². The Labute approximate surface area is 453 Å². The number of anilines is 1. The van der Waals surface area contributed by atoms with Gasteiger partial charge in [-0.3, -0.25) is 33.2 Å². The number of nitrogens with one attached hydrogen (secondary N) is 1. The maximum Gasteiger partial charge on any atom is 0.312 e. The first-order valence-corrected chi connectivity index (χ1v) is 27.3. The molecule has 7 heterocycles. The van der Waals surface area contributed by atoms with Crippen molar-refractivity contribution in [2.24, 2.45) is 35.5 Å². The summed E-state index contributed by atoms with van der Waals surface area (Å²) < 4.78 is 41.8. The number of aliphatic hydroxyl groups excluding tert-OH is 2. The number of piperidine rings is 1. The molecule has 18 heteroatoms. The number of aromatic nitrogens is 1. The first-order valence-electron chi connectivity index (χ1n) is 27.3. The van der Waals surface area contributed by atoms with Gasteiger partial charge in [-0.25, -0.2) is 4.39 Å². The number of methoxy groups -OCH3 is 1. The lowest BCUT2D eigenvalue weighted by Crippen LogP contribution is -2.46. The zero-order valence-electron chi connectivity index (χ0n) is 46.4. The molecule has 1 aromatic carbocycles. The number of ketones is 3. The minimum atomic E-state index is -2.14. The number of esters is 1. The molecule has 5 aliphatic heterocycles. The van der Waals surface area contributed by atoms with Crippen molar-refractivity contribution in [2.75, 3.05) is 38.2 Å². The van der Waals surface area contributed by atoms with Crippen LogP contribution in [0.3, 0.4) is 0 Å². The fourth-order valence-electron chi connectivity index (χ4n) is 12.8. The van der Waals surface area contributed by atoms with E-state index in [9.17, 15) is 34.5 Å². The van der Waals surface area contributed by atoms with Crippen LogP contribution in [-0.2, 0) is 23.8 Å². The number of likely N-dealkylation sites (tertiary alicyclic amines) is 1. The number of aryl methyl sites for hydroxylation is 2. The first kappa shape index (κ1) is 56.1. The SMILES string of the molecule is CO[C@H]1/C=C/O[C@@]2(C)Oc3c(C)c(O)c4c(c3C2=O)C(=O)C(N2CCC(C3CCCN(c5c(F)cn6c(=O)c(C)cc(C7CC7)c6c5C)C3)C2)=C(NC(=O)/C(C)=C\C=C\[C@H](C)[C@H](O)[C@@H](C)[C@@H](O)[C@@H](C)[C@H](OC(C)=O)[C@@H]1C)C4=O. The van der Waals surface area contributed by atoms with E-state index in [1.165, 1.54) is 63.8 Å². The Kier molecular flexibility index (Phi) is 15.5. The number of aliphatic hydroxyl groups is 2. The van der Waals surface area contributed by atoms with E-state index in [4.69, 9.17) is 18.9 Å². The zero-order valence-corrected chi connectivity index (χ0v) is 46.4. The van der Waals surface area contributed by atoms with E-state index in [1.54, 1.807) is 51.7 Å². The van der Waals surface area contributed by atoms with Crippen molar-refractivity contribution in [3.8, 4) is 11.5 Å². The van der Waals surface area contributed by atoms with Gasteiger partial charge in [0.05, 0.1) is 58.7 Å². The van der Waals surface area contributed by atoms with E-state index < -0.39 is 106 Å². The number of amides is 1. The van der Waals surface area contributed by atoms with Gasteiger partial charge in [-0.2, -0.15) is 0 Å². The number of ether oxygens (including phenoxy) is 4. The van der Waals surface area contributed by atoms with E-state index in [0.29, 0.717) is 42.2 Å². The number of halogens is 1. The topological polar surface area (TPSA) is 223 Å². The van der Waals surface area contributed by atoms with Crippen molar-refractivity contribution in [1.29, 1.82) is 0 Å². The number of carbonyl (C=O) groups excluding carboxylic acids is 5. The Morgan fingerprint density at radius 3 is 2.22 bits per heavy atom. The molecule has 2 aromatic heterocycles. The molecule has 4 N–H and O–H groups in total. The Morgan fingerprint density at radius 2 is 1.54 bits per heavy atom. The molecular formula is C60H73FN4O13. The van der Waals surface area contributed by atoms with E-state index in [1.807, 2.05) is 13.0 Å². The van der Waals surface area contributed by atoms with Crippen LogP contribution >= 0.6 is 0 Å². The molecule has 1 saturated carbocycles. The molecule has 2 unspecified atom stereocenters. The van der Waals surface area contributed by atoms with Gasteiger partial charge in [-0.1, -0.05) is 45.9 Å². The number of rotatable bonds is 6. The molecule has 78 heavy (non-hydrogen) atoms. The fourth-order valence-corrected chi connectivity index (χ4v) is 12.8. The van der Waals surface area contributed by atoms with Crippen LogP contribution in [0.5, 0.6) is 11.5 Å². The molecule has 2 aliphatic carbocycles. The van der Waals surface area contributed by atoms with E-state index in [-0.39, 0.29) is 64.3 Å². The monoisotopic (exact) mass is 1080 g/mol. The highest BCUT2D eigenvalue weighted by molar-refractivity contribution is 6.32. The highest BCUT2D eigenvalue weighted by atomic mass is 19.1. The molecule has 7 aliphatic rings. The van der Waals surface area contributed by atoms with Crippen LogP contribution in [0.4, 0.5) is 10.1 Å². The summed E-state index contributed by atoms with van der Waals surface area (Å²) in [4.78, 5) is 89.4. The lowest BCUT2D eigenvalue weighted by molar-refractivity contribution is -0.160. The van der Waals surface area contributed by atoms with Gasteiger partial charge in [0.1, 0.15) is 29.0 Å². The number of hydrogen-bond acceptors (Lipinski definition) is 15. The second kappa shape index (κ2) is 21.5. The summed E-state index contributed by atoms with van der Waals surface area (Å²) in [5.41, 5.74) is 1.70. The number of aromatic hydroxyl groups is 1. The summed E-state index contributed by atoms with van der Waals surface area (Å²) in [6, 6.07) is 1.95. The Hall–Kier alpha value is -6.63. The molecule has 418 valence electrons. The normalized spacial score (nSPS) is 31.7. The van der Waals surface area contributed by atoms with Gasteiger partial charge in [0.15, 0.2) is 5.82 Å². The molecule has 10 rings (SSSR count). The number of carbonyl (C=O) groups is 5. The summed E-state index contributed by atoms with van der Waals surface area (Å²) in [7, 11) is 1.43. The minimum Gasteiger partial charge on any atom is -0.507 e. The van der Waals surface area contributed by atoms with Crippen LogP contribution in [0.1, 0.15) is 140 Å². The molecule has 5 bridgehead atoms. The number of fused-ring (bicyclic) bond motifs is 15. The standard InChI is InChI=1S/C60H73FN4O13/c1-28-14-12-15-29(2)58(73)62-46-49(64-22-19-39(26-64)38-16-13-21-63(25-38)48-32(5)47-40(37-17-18-37)24-30(3)59(74)65(47)27-41(48)61)54(71)43-44(53(46)70)52(69)35(8)56-45(43)57(72)60(10,78-56)76-23-20-42(75-11)31(4)55(77-36(9)66)34(7)51(68)33(6)50(28)67/h12,14-15,20,23-24,27-28,31,33-34,37-39,42,50-51,55,67-69H,13,16-19,21-22,25-26H2,1-11H3,(H,62,73)/b14-12+,23-20+,29-15-/t28-,31+,33+,34+,38?,39?,42-,50-,51+,55+,60-/m0/s1. The van der Waals surface area contributed by atoms with Gasteiger partial charge in [0, 0.05) is 87.5 Å². The average Bonchev–Trinajstić information content (AvgIpc) is 4.22. The number of nitrogens with zero attached hydrogens (tertiary/aromatic N) is 3. The van der Waals surface area contributed by atoms with Crippen LogP contribution in [0.2, 0.25) is 0 Å². The lowest BCUT2D eigenvalue weighted by Gasteiger charge is -2.38. The van der Waals surface area contributed by atoms with Crippen LogP contribution < -0.4 is 20.5 Å². The van der Waals surface area contributed by atoms with E-state index >= 15 is 14.0 Å². The van der Waals surface area contributed by atoms with Gasteiger partial charge in [-0.15, -0.1) is 0 Å². The maximum atomic E-state index is 16.4. The molecule has 3 fully saturated rings. The van der Waals surface area contributed by atoms with Crippen molar-refractivity contribution < 1.29 is 62.6 Å². The molecular weight excluding hydrogens is 1000 g/mol. The van der Waals surface area contributed by atoms with E-state index in [2.05, 4.69) is 10.2 Å². The molecule has 11 atom stereocenters. The molecule has 2 saturated heterocycles. The van der Waals surface area contributed by atoms with Crippen molar-refractivity contribution in [3.05, 3.63) is 115 Å². The van der Waals surface area contributed by atoms with Gasteiger partial charge in [0.2, 0.25) is 11.6 Å². The third kappa shape index (κ3) is 9.86. The van der Waals surface area contributed by atoms with Crippen LogP contribution in [-0.4, -0.2) is 117 Å². The molecule has 1 amide bonds. The highest BCUT2D eigenvalue weighted by Crippen LogP contribution is 2.50. The Morgan fingerprint density at radius 1 is 0.846 bits per heavy atom. The second-order valence-electron chi connectivity index (χ2n) is 22.9. The summed E-state index contributed by atoms with van der Waals surface area (Å²) in [6.45, 7) is 17.7. The second-order valence-corrected chi connectivity index (χ2v) is 22.9. The van der Waals surface area contributed by atoms with Crippen molar-refractivity contribution in [2.45, 2.75) is 137 Å². The Bertz CT molecular complexity index is 3190. The molecule has 0 spiro atoms. The Balaban J connectivity index is 1.09. The summed E-state index contributed by atoms with van der Waals surface area (Å²) >= 11 is 0. The first-order chi connectivity index (χ1) is 36.9. The van der Waals surface area contributed by atoms with Gasteiger partial charge in [0.25, 0.3) is 17.2 Å². The van der Waals surface area contributed by atoms with Gasteiger partial charge in [-0.05, 0) is 101 Å². The number of phenolic OH excluding ortho intramolecular Hbond substituents is 1. The maximum absolute atomic E-state index is 16.4. The van der Waals surface area contributed by atoms with Gasteiger partial charge >= 0.3 is 11.8 Å². The third-order valence-electron chi connectivity index (χ3n) is 17.6. The van der Waals surface area contributed by atoms with Gasteiger partial charge < -0.3 is 49.4 Å². The predicted octanol–water partition coefficient (Wildman–Crippen LogP) is 7.44. The summed E-state index contributed by atoms with van der Waals surface area (Å²) in [5.74, 6) is -9.67. The minimum absolute atomic E-state index is 0.00817. The van der Waals surface area contributed by atoms with Crippen LogP contribution in [0.15, 0.2) is 64.6 Å². The number of benzene rings is 1. The highest BCUT2D eigenvalue weighted by Gasteiger charge is 2.54. The third-order valence-corrected chi connectivity index (χ3v) is 17.6. The zero-order chi connectivity index (χ0) is 56.6. The number of allylic oxidation sites excluding steroid dienone is 4.